The van der Waals surface area contributed by atoms with Gasteiger partial charge in [0.15, 0.2) is 0 Å². The first-order chi connectivity index (χ1) is 10.3. The van der Waals surface area contributed by atoms with Gasteiger partial charge >= 0.3 is 0 Å². The molecule has 1 N–H and O–H groups in total. The minimum atomic E-state index is -0.281. The maximum Gasteiger partial charge on any atom is 0.249 e. The van der Waals surface area contributed by atoms with Crippen LogP contribution in [0, 0.1) is 0 Å². The topological polar surface area (TPSA) is 38.3 Å². The van der Waals surface area contributed by atoms with Crippen molar-refractivity contribution in [1.29, 1.82) is 0 Å². The molecule has 1 aliphatic heterocycles. The molecule has 0 bridgehead atoms. The molecule has 0 saturated carbocycles. The van der Waals surface area contributed by atoms with Crippen LogP contribution < -0.4 is 5.32 Å². The van der Waals surface area contributed by atoms with Gasteiger partial charge < -0.3 is 10.1 Å². The summed E-state index contributed by atoms with van der Waals surface area (Å²) in [5.74, 6) is 0.00938. The number of benzene rings is 2. The van der Waals surface area contributed by atoms with E-state index in [1.165, 1.54) is 10.8 Å². The Kier molecular flexibility index (Phi) is 4.20. The van der Waals surface area contributed by atoms with Gasteiger partial charge in [0, 0.05) is 6.61 Å². The lowest BCUT2D eigenvalue weighted by Crippen LogP contribution is -2.39. The van der Waals surface area contributed by atoms with Crippen molar-refractivity contribution in [2.75, 3.05) is 6.61 Å². The second-order valence-electron chi connectivity index (χ2n) is 5.65. The SMILES string of the molecule is C[C@H](NC(=O)[C@@H]1CCCCO1)c1cccc2ccccc12. The Morgan fingerprint density at radius 2 is 2.00 bits per heavy atom. The van der Waals surface area contributed by atoms with E-state index in [9.17, 15) is 4.79 Å². The van der Waals surface area contributed by atoms with E-state index in [4.69, 9.17) is 4.74 Å². The Labute approximate surface area is 125 Å². The van der Waals surface area contributed by atoms with Gasteiger partial charge in [0.05, 0.1) is 6.04 Å². The maximum absolute atomic E-state index is 12.3. The number of ether oxygens (including phenoxy) is 1. The van der Waals surface area contributed by atoms with Crippen LogP contribution in [-0.4, -0.2) is 18.6 Å². The standard InChI is InChI=1S/C18H21NO2/c1-13(19-18(20)17-11-4-5-12-21-17)15-10-6-8-14-7-2-3-9-16(14)15/h2-3,6-10,13,17H,4-5,11-12H2,1H3,(H,19,20)/t13-,17-/m0/s1. The third kappa shape index (κ3) is 3.08. The molecule has 0 radical (unpaired) electrons. The van der Waals surface area contributed by atoms with Crippen LogP contribution in [0.2, 0.25) is 0 Å². The zero-order chi connectivity index (χ0) is 14.7. The number of carbonyl (C=O) groups excluding carboxylic acids is 1. The number of fused-ring (bicyclic) bond motifs is 1. The minimum Gasteiger partial charge on any atom is -0.368 e. The van der Waals surface area contributed by atoms with E-state index >= 15 is 0 Å². The first-order valence-corrected chi connectivity index (χ1v) is 7.65. The van der Waals surface area contributed by atoms with Crippen LogP contribution in [0.3, 0.4) is 0 Å². The predicted molar refractivity (Wildman–Crippen MR) is 84.1 cm³/mol. The van der Waals surface area contributed by atoms with Crippen LogP contribution in [0.15, 0.2) is 42.5 Å². The Morgan fingerprint density at radius 1 is 1.19 bits per heavy atom. The lowest BCUT2D eigenvalue weighted by Gasteiger charge is -2.24. The highest BCUT2D eigenvalue weighted by molar-refractivity contribution is 5.87. The smallest absolute Gasteiger partial charge is 0.249 e. The number of amides is 1. The van der Waals surface area contributed by atoms with Crippen molar-refractivity contribution in [2.24, 2.45) is 0 Å². The number of rotatable bonds is 3. The highest BCUT2D eigenvalue weighted by Gasteiger charge is 2.23. The van der Waals surface area contributed by atoms with E-state index in [-0.39, 0.29) is 18.1 Å². The molecule has 1 heterocycles. The van der Waals surface area contributed by atoms with Crippen molar-refractivity contribution in [1.82, 2.24) is 5.32 Å². The fourth-order valence-electron chi connectivity index (χ4n) is 2.96. The molecule has 1 fully saturated rings. The van der Waals surface area contributed by atoms with Crippen LogP contribution in [0.1, 0.15) is 37.8 Å². The number of nitrogens with one attached hydrogen (secondary N) is 1. The summed E-state index contributed by atoms with van der Waals surface area (Å²) in [7, 11) is 0. The van der Waals surface area contributed by atoms with E-state index in [0.717, 1.165) is 24.8 Å². The number of hydrogen-bond donors (Lipinski definition) is 1. The van der Waals surface area contributed by atoms with Crippen LogP contribution in [0.5, 0.6) is 0 Å². The largest absolute Gasteiger partial charge is 0.368 e. The van der Waals surface area contributed by atoms with E-state index < -0.39 is 0 Å². The van der Waals surface area contributed by atoms with Gasteiger partial charge in [0.1, 0.15) is 6.10 Å². The van der Waals surface area contributed by atoms with Crippen LogP contribution in [-0.2, 0) is 9.53 Å². The summed E-state index contributed by atoms with van der Waals surface area (Å²) in [5.41, 5.74) is 1.15. The molecule has 21 heavy (non-hydrogen) atoms. The van der Waals surface area contributed by atoms with Crippen molar-refractivity contribution >= 4 is 16.7 Å². The van der Waals surface area contributed by atoms with E-state index in [0.29, 0.717) is 6.61 Å². The molecule has 1 saturated heterocycles. The van der Waals surface area contributed by atoms with Gasteiger partial charge in [-0.15, -0.1) is 0 Å². The summed E-state index contributed by atoms with van der Waals surface area (Å²) >= 11 is 0. The normalized spacial score (nSPS) is 20.1. The van der Waals surface area contributed by atoms with Gasteiger partial charge in [-0.2, -0.15) is 0 Å². The molecule has 110 valence electrons. The Hall–Kier alpha value is -1.87. The average molecular weight is 283 g/mol. The fraction of sp³-hybridized carbons (Fsp3) is 0.389. The summed E-state index contributed by atoms with van der Waals surface area (Å²) in [6.07, 6.45) is 2.67. The molecular formula is C18H21NO2. The predicted octanol–water partition coefficient (Wildman–Crippen LogP) is 3.59. The first-order valence-electron chi connectivity index (χ1n) is 7.65. The third-order valence-corrected chi connectivity index (χ3v) is 4.12. The molecule has 1 amide bonds. The van der Waals surface area contributed by atoms with Gasteiger partial charge in [-0.3, -0.25) is 4.79 Å². The molecule has 2 aromatic rings. The van der Waals surface area contributed by atoms with E-state index in [1.54, 1.807) is 0 Å². The molecule has 2 aromatic carbocycles. The fourth-order valence-corrected chi connectivity index (χ4v) is 2.96. The van der Waals surface area contributed by atoms with Gasteiger partial charge in [0.25, 0.3) is 0 Å². The number of hydrogen-bond acceptors (Lipinski definition) is 2. The van der Waals surface area contributed by atoms with Crippen LogP contribution >= 0.6 is 0 Å². The summed E-state index contributed by atoms with van der Waals surface area (Å²) in [5, 5.41) is 5.49. The molecule has 0 aromatic heterocycles. The first kappa shape index (κ1) is 14.1. The van der Waals surface area contributed by atoms with Crippen molar-refractivity contribution < 1.29 is 9.53 Å². The van der Waals surface area contributed by atoms with Crippen LogP contribution in [0.4, 0.5) is 0 Å². The Balaban J connectivity index is 1.77. The quantitative estimate of drug-likeness (QED) is 0.935. The van der Waals surface area contributed by atoms with Gasteiger partial charge in [-0.1, -0.05) is 42.5 Å². The summed E-state index contributed by atoms with van der Waals surface area (Å²) in [6, 6.07) is 14.5. The second-order valence-corrected chi connectivity index (χ2v) is 5.65. The van der Waals surface area contributed by atoms with Gasteiger partial charge in [-0.25, -0.2) is 0 Å². The van der Waals surface area contributed by atoms with Crippen molar-refractivity contribution in [3.05, 3.63) is 48.0 Å². The van der Waals surface area contributed by atoms with E-state index in [2.05, 4.69) is 29.6 Å². The Bertz CT molecular complexity index is 627. The molecule has 1 aliphatic rings. The summed E-state index contributed by atoms with van der Waals surface area (Å²) < 4.78 is 5.55. The molecule has 3 rings (SSSR count). The molecule has 3 heteroatoms. The zero-order valence-electron chi connectivity index (χ0n) is 12.3. The van der Waals surface area contributed by atoms with Crippen molar-refractivity contribution in [3.8, 4) is 0 Å². The highest BCUT2D eigenvalue weighted by atomic mass is 16.5. The maximum atomic E-state index is 12.3. The lowest BCUT2D eigenvalue weighted by atomic mass is 9.99. The molecule has 0 aliphatic carbocycles. The monoisotopic (exact) mass is 283 g/mol. The molecule has 2 atom stereocenters. The average Bonchev–Trinajstić information content (AvgIpc) is 2.55. The van der Waals surface area contributed by atoms with Crippen molar-refractivity contribution in [2.45, 2.75) is 38.3 Å². The number of carbonyl (C=O) groups is 1. The minimum absolute atomic E-state index is 0.00938. The molecule has 3 nitrogen and oxygen atoms in total. The lowest BCUT2D eigenvalue weighted by molar-refractivity contribution is -0.136. The van der Waals surface area contributed by atoms with Gasteiger partial charge in [0.2, 0.25) is 5.91 Å². The molecular weight excluding hydrogens is 262 g/mol. The Morgan fingerprint density at radius 3 is 2.81 bits per heavy atom. The molecule has 0 unspecified atom stereocenters. The van der Waals surface area contributed by atoms with E-state index in [1.807, 2.05) is 25.1 Å². The van der Waals surface area contributed by atoms with Crippen molar-refractivity contribution in [3.63, 3.8) is 0 Å². The zero-order valence-corrected chi connectivity index (χ0v) is 12.3. The highest BCUT2D eigenvalue weighted by Crippen LogP contribution is 2.24. The van der Waals surface area contributed by atoms with Crippen LogP contribution in [0.25, 0.3) is 10.8 Å². The van der Waals surface area contributed by atoms with Gasteiger partial charge in [-0.05, 0) is 42.5 Å². The summed E-state index contributed by atoms with van der Waals surface area (Å²) in [6.45, 7) is 2.73. The molecule has 0 spiro atoms. The second kappa shape index (κ2) is 6.27. The third-order valence-electron chi connectivity index (χ3n) is 4.12. The summed E-state index contributed by atoms with van der Waals surface area (Å²) in [4.78, 5) is 12.3.